The zero-order valence-electron chi connectivity index (χ0n) is 15.0. The van der Waals surface area contributed by atoms with E-state index in [0.717, 1.165) is 23.6 Å². The molecule has 0 aliphatic heterocycles. The van der Waals surface area contributed by atoms with E-state index in [1.807, 2.05) is 6.07 Å². The van der Waals surface area contributed by atoms with Crippen molar-refractivity contribution < 1.29 is 17.9 Å². The van der Waals surface area contributed by atoms with E-state index in [-0.39, 0.29) is 35.9 Å². The number of hydrogen-bond donors (Lipinski definition) is 1. The van der Waals surface area contributed by atoms with Gasteiger partial charge >= 0.3 is 0 Å². The second kappa shape index (κ2) is 8.80. The molecule has 2 aromatic carbocycles. The number of alkyl halides is 1. The Balaban J connectivity index is 0.00000225. The lowest BCUT2D eigenvalue weighted by Gasteiger charge is -2.36. The van der Waals surface area contributed by atoms with E-state index in [1.165, 1.54) is 24.3 Å². The van der Waals surface area contributed by atoms with Crippen LogP contribution in [0, 0.1) is 11.6 Å². The van der Waals surface area contributed by atoms with Gasteiger partial charge in [0.05, 0.1) is 0 Å². The Morgan fingerprint density at radius 2 is 1.86 bits per heavy atom. The van der Waals surface area contributed by atoms with Gasteiger partial charge in [0.2, 0.25) is 0 Å². The maximum Gasteiger partial charge on any atom is 0.129 e. The smallest absolute Gasteiger partial charge is 0.129 e. The third-order valence-corrected chi connectivity index (χ3v) is 5.00. The lowest BCUT2D eigenvalue weighted by Crippen LogP contribution is -2.46. The van der Waals surface area contributed by atoms with Crippen LogP contribution in [0.5, 0.6) is 5.75 Å². The molecule has 1 aliphatic carbocycles. The number of aromatic nitrogens is 1. The zero-order valence-corrected chi connectivity index (χ0v) is 15.8. The molecule has 1 N–H and O–H groups in total. The van der Waals surface area contributed by atoms with Gasteiger partial charge in [-0.15, -0.1) is 12.4 Å². The second-order valence-corrected chi connectivity index (χ2v) is 6.80. The summed E-state index contributed by atoms with van der Waals surface area (Å²) in [7, 11) is 0. The van der Waals surface area contributed by atoms with E-state index in [9.17, 15) is 13.2 Å². The summed E-state index contributed by atoms with van der Waals surface area (Å²) in [5, 5.41) is 5.12. The third kappa shape index (κ3) is 4.23. The molecule has 28 heavy (non-hydrogen) atoms. The van der Waals surface area contributed by atoms with Gasteiger partial charge in [-0.05, 0) is 54.6 Å². The molecule has 3 aromatic rings. The highest BCUT2D eigenvalue weighted by atomic mass is 35.5. The monoisotopic (exact) mass is 408 g/mol. The van der Waals surface area contributed by atoms with Gasteiger partial charge < -0.3 is 10.1 Å². The van der Waals surface area contributed by atoms with Crippen molar-refractivity contribution in [2.45, 2.75) is 38.2 Å². The van der Waals surface area contributed by atoms with Crippen molar-refractivity contribution in [3.63, 3.8) is 0 Å². The van der Waals surface area contributed by atoms with Crippen LogP contribution in [0.15, 0.2) is 48.8 Å². The van der Waals surface area contributed by atoms with Crippen LogP contribution in [0.4, 0.5) is 13.2 Å². The summed E-state index contributed by atoms with van der Waals surface area (Å²) in [4.78, 5) is 4.07. The van der Waals surface area contributed by atoms with E-state index in [0.29, 0.717) is 17.9 Å². The maximum absolute atomic E-state index is 14.2. The predicted molar refractivity (Wildman–Crippen MR) is 104 cm³/mol. The predicted octanol–water partition coefficient (Wildman–Crippen LogP) is 5.10. The highest BCUT2D eigenvalue weighted by molar-refractivity contribution is 5.85. The normalized spacial score (nSPS) is 18.4. The minimum absolute atomic E-state index is 0. The molecular weight excluding hydrogens is 389 g/mol. The minimum atomic E-state index is -0.857. The first kappa shape index (κ1) is 20.4. The molecule has 148 valence electrons. The molecule has 0 amide bonds. The Labute approximate surface area is 167 Å². The lowest BCUT2D eigenvalue weighted by atomic mass is 9.89. The molecule has 0 radical (unpaired) electrons. The molecule has 0 bridgehead atoms. The molecule has 1 heterocycles. The SMILES string of the molecule is Cl.FCc1cc(OC2CC(NCc3c(F)ccc4cnccc34)C2)ccc1F. The average molecular weight is 409 g/mol. The summed E-state index contributed by atoms with van der Waals surface area (Å²) < 4.78 is 46.0. The molecule has 1 aliphatic rings. The zero-order chi connectivity index (χ0) is 18.8. The molecule has 0 spiro atoms. The Morgan fingerprint density at radius 3 is 2.64 bits per heavy atom. The van der Waals surface area contributed by atoms with Crippen LogP contribution >= 0.6 is 12.4 Å². The highest BCUT2D eigenvalue weighted by Gasteiger charge is 2.30. The first-order chi connectivity index (χ1) is 13.1. The number of ether oxygens (including phenoxy) is 1. The van der Waals surface area contributed by atoms with Crippen molar-refractivity contribution in [3.8, 4) is 5.75 Å². The van der Waals surface area contributed by atoms with Crippen molar-refractivity contribution in [1.82, 2.24) is 10.3 Å². The van der Waals surface area contributed by atoms with Crippen LogP contribution in [0.1, 0.15) is 24.0 Å². The first-order valence-electron chi connectivity index (χ1n) is 8.89. The minimum Gasteiger partial charge on any atom is -0.490 e. The van der Waals surface area contributed by atoms with Crippen LogP contribution < -0.4 is 10.1 Å². The number of nitrogens with zero attached hydrogens (tertiary/aromatic N) is 1. The first-order valence-corrected chi connectivity index (χ1v) is 8.89. The third-order valence-electron chi connectivity index (χ3n) is 5.00. The van der Waals surface area contributed by atoms with Crippen LogP contribution in [-0.4, -0.2) is 17.1 Å². The summed E-state index contributed by atoms with van der Waals surface area (Å²) in [6.07, 6.45) is 4.89. The Kier molecular flexibility index (Phi) is 6.42. The molecule has 1 aromatic heterocycles. The van der Waals surface area contributed by atoms with Crippen molar-refractivity contribution in [2.24, 2.45) is 0 Å². The van der Waals surface area contributed by atoms with Gasteiger partial charge in [-0.3, -0.25) is 4.98 Å². The average Bonchev–Trinajstić information content (AvgIpc) is 2.66. The summed E-state index contributed by atoms with van der Waals surface area (Å²) in [6, 6.07) is 9.35. The van der Waals surface area contributed by atoms with Crippen molar-refractivity contribution in [2.75, 3.05) is 0 Å². The second-order valence-electron chi connectivity index (χ2n) is 6.80. The molecule has 7 heteroatoms. The maximum atomic E-state index is 14.2. The van der Waals surface area contributed by atoms with Gasteiger partial charge in [0.15, 0.2) is 0 Å². The number of halogens is 4. The quantitative estimate of drug-likeness (QED) is 0.616. The van der Waals surface area contributed by atoms with Gasteiger partial charge in [0, 0.05) is 41.5 Å². The van der Waals surface area contributed by atoms with E-state index in [1.54, 1.807) is 18.5 Å². The molecule has 3 nitrogen and oxygen atoms in total. The Bertz CT molecular complexity index is 964. The van der Waals surface area contributed by atoms with Crippen molar-refractivity contribution >= 4 is 23.2 Å². The van der Waals surface area contributed by atoms with Crippen LogP contribution in [-0.2, 0) is 13.2 Å². The molecule has 0 unspecified atom stereocenters. The fraction of sp³-hybridized carbons (Fsp3) is 0.286. The van der Waals surface area contributed by atoms with E-state index in [2.05, 4.69) is 10.3 Å². The van der Waals surface area contributed by atoms with Crippen molar-refractivity contribution in [1.29, 1.82) is 0 Å². The molecule has 0 atom stereocenters. The van der Waals surface area contributed by atoms with Crippen LogP contribution in [0.2, 0.25) is 0 Å². The fourth-order valence-electron chi connectivity index (χ4n) is 3.38. The highest BCUT2D eigenvalue weighted by Crippen LogP contribution is 2.28. The summed E-state index contributed by atoms with van der Waals surface area (Å²) >= 11 is 0. The standard InChI is InChI=1S/C21H19F3N2O.ClH/c22-10-14-7-16(2-4-20(14)23)27-17-8-15(9-17)26-12-19-18-5-6-25-11-13(18)1-3-21(19)24;/h1-7,11,15,17,26H,8-10,12H2;1H. The number of nitrogens with one attached hydrogen (secondary N) is 1. The number of pyridine rings is 1. The van der Waals surface area contributed by atoms with E-state index >= 15 is 0 Å². The van der Waals surface area contributed by atoms with Crippen LogP contribution in [0.3, 0.4) is 0 Å². The van der Waals surface area contributed by atoms with Crippen LogP contribution in [0.25, 0.3) is 10.8 Å². The Morgan fingerprint density at radius 1 is 1.07 bits per heavy atom. The van der Waals surface area contributed by atoms with E-state index < -0.39 is 12.5 Å². The summed E-state index contributed by atoms with van der Waals surface area (Å²) in [6.45, 7) is -0.433. The van der Waals surface area contributed by atoms with Gasteiger partial charge in [0.25, 0.3) is 0 Å². The number of fused-ring (bicyclic) bond motifs is 1. The summed E-state index contributed by atoms with van der Waals surface area (Å²) in [5.41, 5.74) is 0.632. The molecule has 1 saturated carbocycles. The van der Waals surface area contributed by atoms with Gasteiger partial charge in [-0.1, -0.05) is 0 Å². The number of hydrogen-bond acceptors (Lipinski definition) is 3. The molecule has 0 saturated heterocycles. The molecule has 4 rings (SSSR count). The molecule has 1 fully saturated rings. The van der Waals surface area contributed by atoms with Gasteiger partial charge in [-0.2, -0.15) is 0 Å². The van der Waals surface area contributed by atoms with Gasteiger partial charge in [0.1, 0.15) is 30.2 Å². The summed E-state index contributed by atoms with van der Waals surface area (Å²) in [5.74, 6) is -0.330. The van der Waals surface area contributed by atoms with Gasteiger partial charge in [-0.25, -0.2) is 13.2 Å². The fourth-order valence-corrected chi connectivity index (χ4v) is 3.38. The van der Waals surface area contributed by atoms with Crippen molar-refractivity contribution in [3.05, 3.63) is 71.6 Å². The number of rotatable bonds is 6. The Hall–Kier alpha value is -2.31. The topological polar surface area (TPSA) is 34.1 Å². The lowest BCUT2D eigenvalue weighted by molar-refractivity contribution is 0.0840. The van der Waals surface area contributed by atoms with E-state index in [4.69, 9.17) is 4.74 Å². The number of benzene rings is 2. The molecular formula is C21H20ClF3N2O. The largest absolute Gasteiger partial charge is 0.490 e.